The van der Waals surface area contributed by atoms with Crippen LogP contribution >= 0.6 is 0 Å². The summed E-state index contributed by atoms with van der Waals surface area (Å²) in [5, 5.41) is 0. The molecule has 0 N–H and O–H groups in total. The third-order valence-electron chi connectivity index (χ3n) is 4.20. The zero-order valence-electron chi connectivity index (χ0n) is 18.5. The van der Waals surface area contributed by atoms with E-state index in [0.29, 0.717) is 18.7 Å². The molecule has 0 saturated heterocycles. The molecule has 0 aliphatic carbocycles. The molecule has 1 rings (SSSR count). The van der Waals surface area contributed by atoms with Gasteiger partial charge in [-0.15, -0.1) is 0 Å². The van der Waals surface area contributed by atoms with Crippen LogP contribution in [0, 0.1) is 11.8 Å². The lowest BCUT2D eigenvalue weighted by Gasteiger charge is -2.26. The minimum absolute atomic E-state index is 0.0427. The number of rotatable bonds is 11. The maximum Gasteiger partial charge on any atom is 0.321 e. The van der Waals surface area contributed by atoms with E-state index >= 15 is 0 Å². The molecule has 1 amide bonds. The Morgan fingerprint density at radius 3 is 1.90 bits per heavy atom. The third-order valence-corrected chi connectivity index (χ3v) is 6.02. The van der Waals surface area contributed by atoms with Crippen LogP contribution in [-0.4, -0.2) is 68.6 Å². The molecule has 0 radical (unpaired) electrons. The highest BCUT2D eigenvalue weighted by molar-refractivity contribution is 7.89. The second kappa shape index (κ2) is 11.2. The maximum atomic E-state index is 12.6. The average Bonchev–Trinajstić information content (AvgIpc) is 2.64. The van der Waals surface area contributed by atoms with E-state index in [1.54, 1.807) is 4.90 Å². The quantitative estimate of drug-likeness (QED) is 0.386. The molecule has 8 nitrogen and oxygen atoms in total. The maximum absolute atomic E-state index is 12.6. The Hall–Kier alpha value is -2.26. The Bertz CT molecular complexity index is 837. The molecule has 30 heavy (non-hydrogen) atoms. The highest BCUT2D eigenvalue weighted by atomic mass is 32.2. The molecule has 0 atom stereocenters. The molecule has 0 saturated carbocycles. The molecule has 1 aromatic rings. The third kappa shape index (κ3) is 7.87. The van der Waals surface area contributed by atoms with Crippen molar-refractivity contribution in [2.75, 3.05) is 33.3 Å². The van der Waals surface area contributed by atoms with E-state index in [1.165, 1.54) is 38.2 Å². The van der Waals surface area contributed by atoms with Gasteiger partial charge in [-0.25, -0.2) is 8.42 Å². The van der Waals surface area contributed by atoms with E-state index in [4.69, 9.17) is 4.74 Å². The molecular formula is C21H32N2O6S. The van der Waals surface area contributed by atoms with Crippen LogP contribution in [0.5, 0.6) is 0 Å². The van der Waals surface area contributed by atoms with E-state index in [0.717, 1.165) is 4.31 Å². The Morgan fingerprint density at radius 2 is 1.47 bits per heavy atom. The predicted octanol–water partition coefficient (Wildman–Crippen LogP) is 2.19. The second-order valence-electron chi connectivity index (χ2n) is 8.09. The molecule has 0 heterocycles. The van der Waals surface area contributed by atoms with Crippen molar-refractivity contribution in [3.63, 3.8) is 0 Å². The molecule has 0 spiro atoms. The highest BCUT2D eigenvalue weighted by Crippen LogP contribution is 2.15. The standard InChI is InChI=1S/C21H32N2O6S/c1-15(2)11-23(12-16(3)4)20(25)14-29-21(26)13-22(6)30(27,28)19-9-7-18(8-10-19)17(5)24/h7-10,15-16H,11-14H2,1-6H3. The van der Waals surface area contributed by atoms with Gasteiger partial charge in [-0.2, -0.15) is 4.31 Å². The first-order valence-corrected chi connectivity index (χ1v) is 11.3. The summed E-state index contributed by atoms with van der Waals surface area (Å²) < 4.78 is 31.1. The van der Waals surface area contributed by atoms with E-state index in [2.05, 4.69) is 0 Å². The van der Waals surface area contributed by atoms with E-state index in [-0.39, 0.29) is 28.4 Å². The summed E-state index contributed by atoms with van der Waals surface area (Å²) in [4.78, 5) is 37.4. The number of likely N-dealkylation sites (N-methyl/N-ethyl adjacent to an activating group) is 1. The molecule has 0 unspecified atom stereocenters. The lowest BCUT2D eigenvalue weighted by molar-refractivity contribution is -0.152. The predicted molar refractivity (Wildman–Crippen MR) is 113 cm³/mol. The van der Waals surface area contributed by atoms with Crippen molar-refractivity contribution in [1.82, 2.24) is 9.21 Å². The highest BCUT2D eigenvalue weighted by Gasteiger charge is 2.25. The summed E-state index contributed by atoms with van der Waals surface area (Å²) in [6.07, 6.45) is 0. The number of nitrogens with zero attached hydrogens (tertiary/aromatic N) is 2. The summed E-state index contributed by atoms with van der Waals surface area (Å²) in [5.74, 6) is -0.757. The second-order valence-corrected chi connectivity index (χ2v) is 10.1. The SMILES string of the molecule is CC(=O)c1ccc(S(=O)(=O)N(C)CC(=O)OCC(=O)N(CC(C)C)CC(C)C)cc1. The van der Waals surface area contributed by atoms with Crippen LogP contribution in [0.2, 0.25) is 0 Å². The number of hydrogen-bond donors (Lipinski definition) is 0. The normalized spacial score (nSPS) is 11.8. The van der Waals surface area contributed by atoms with Crippen LogP contribution in [0.1, 0.15) is 45.0 Å². The van der Waals surface area contributed by atoms with Crippen LogP contribution in [0.3, 0.4) is 0 Å². The van der Waals surface area contributed by atoms with Crippen LogP contribution in [0.25, 0.3) is 0 Å². The first-order valence-electron chi connectivity index (χ1n) is 9.85. The zero-order chi connectivity index (χ0) is 23.1. The number of hydrogen-bond acceptors (Lipinski definition) is 6. The number of sulfonamides is 1. The summed E-state index contributed by atoms with van der Waals surface area (Å²) in [6.45, 7) is 9.52. The van der Waals surface area contributed by atoms with Gasteiger partial charge in [-0.3, -0.25) is 14.4 Å². The number of carbonyl (C=O) groups excluding carboxylic acids is 3. The van der Waals surface area contributed by atoms with Gasteiger partial charge in [-0.1, -0.05) is 39.8 Å². The van der Waals surface area contributed by atoms with Crippen molar-refractivity contribution in [2.45, 2.75) is 39.5 Å². The smallest absolute Gasteiger partial charge is 0.321 e. The lowest BCUT2D eigenvalue weighted by atomic mass is 10.1. The van der Waals surface area contributed by atoms with Crippen LogP contribution in [-0.2, 0) is 24.3 Å². The fourth-order valence-corrected chi connectivity index (χ4v) is 3.86. The molecule has 0 fully saturated rings. The molecule has 1 aromatic carbocycles. The fraction of sp³-hybridized carbons (Fsp3) is 0.571. The van der Waals surface area contributed by atoms with Gasteiger partial charge in [0, 0.05) is 25.7 Å². The van der Waals surface area contributed by atoms with Gasteiger partial charge >= 0.3 is 5.97 Å². The summed E-state index contributed by atoms with van der Waals surface area (Å²) in [7, 11) is -2.69. The number of carbonyl (C=O) groups is 3. The van der Waals surface area contributed by atoms with E-state index < -0.39 is 29.1 Å². The van der Waals surface area contributed by atoms with Crippen LogP contribution < -0.4 is 0 Å². The van der Waals surface area contributed by atoms with Gasteiger partial charge in [-0.05, 0) is 30.9 Å². The molecular weight excluding hydrogens is 408 g/mol. The monoisotopic (exact) mass is 440 g/mol. The molecule has 0 aromatic heterocycles. The van der Waals surface area contributed by atoms with E-state index in [1.807, 2.05) is 27.7 Å². The van der Waals surface area contributed by atoms with Gasteiger partial charge in [0.2, 0.25) is 10.0 Å². The number of ether oxygens (including phenoxy) is 1. The first kappa shape index (κ1) is 25.8. The molecule has 0 aliphatic heterocycles. The van der Waals surface area contributed by atoms with Gasteiger partial charge < -0.3 is 9.64 Å². The first-order chi connectivity index (χ1) is 13.8. The molecule has 0 aliphatic rings. The summed E-state index contributed by atoms with van der Waals surface area (Å²) >= 11 is 0. The van der Waals surface area contributed by atoms with Crippen molar-refractivity contribution in [2.24, 2.45) is 11.8 Å². The molecule has 9 heteroatoms. The minimum atomic E-state index is -3.94. The largest absolute Gasteiger partial charge is 0.455 e. The Labute approximate surface area is 179 Å². The topological polar surface area (TPSA) is 101 Å². The van der Waals surface area contributed by atoms with Gasteiger partial charge in [0.05, 0.1) is 4.90 Å². The van der Waals surface area contributed by atoms with Gasteiger partial charge in [0.15, 0.2) is 12.4 Å². The van der Waals surface area contributed by atoms with Gasteiger partial charge in [0.1, 0.15) is 6.54 Å². The van der Waals surface area contributed by atoms with Crippen molar-refractivity contribution in [3.05, 3.63) is 29.8 Å². The lowest BCUT2D eigenvalue weighted by Crippen LogP contribution is -2.40. The fourth-order valence-electron chi connectivity index (χ4n) is 2.75. The number of amides is 1. The van der Waals surface area contributed by atoms with Crippen LogP contribution in [0.15, 0.2) is 29.2 Å². The number of Topliss-reactive ketones (excluding diaryl/α,β-unsaturated/α-hetero) is 1. The van der Waals surface area contributed by atoms with E-state index in [9.17, 15) is 22.8 Å². The average molecular weight is 441 g/mol. The van der Waals surface area contributed by atoms with Crippen molar-refractivity contribution in [1.29, 1.82) is 0 Å². The summed E-state index contributed by atoms with van der Waals surface area (Å²) in [5.41, 5.74) is 0.391. The number of benzene rings is 1. The van der Waals surface area contributed by atoms with Crippen molar-refractivity contribution in [3.8, 4) is 0 Å². The minimum Gasteiger partial charge on any atom is -0.455 e. The molecule has 168 valence electrons. The zero-order valence-corrected chi connectivity index (χ0v) is 19.4. The number of ketones is 1. The van der Waals surface area contributed by atoms with Crippen LogP contribution in [0.4, 0.5) is 0 Å². The molecule has 0 bridgehead atoms. The van der Waals surface area contributed by atoms with Crippen molar-refractivity contribution < 1.29 is 27.5 Å². The Morgan fingerprint density at radius 1 is 0.967 bits per heavy atom. The van der Waals surface area contributed by atoms with Gasteiger partial charge in [0.25, 0.3) is 5.91 Å². The Balaban J connectivity index is 2.70. The number of esters is 1. The Kier molecular flexibility index (Phi) is 9.64. The summed E-state index contributed by atoms with van der Waals surface area (Å²) in [6, 6.07) is 5.45. The van der Waals surface area contributed by atoms with Crippen molar-refractivity contribution >= 4 is 27.7 Å².